The van der Waals surface area contributed by atoms with Gasteiger partial charge in [0, 0.05) is 11.9 Å². The summed E-state index contributed by atoms with van der Waals surface area (Å²) < 4.78 is 38.3. The molecule has 0 unspecified atom stereocenters. The first kappa shape index (κ1) is 20.2. The molecule has 0 spiro atoms. The van der Waals surface area contributed by atoms with Gasteiger partial charge in [-0.3, -0.25) is 9.52 Å². The van der Waals surface area contributed by atoms with E-state index in [1.807, 2.05) is 0 Å². The van der Waals surface area contributed by atoms with Crippen LogP contribution < -0.4 is 19.5 Å². The zero-order valence-electron chi connectivity index (χ0n) is 15.7. The summed E-state index contributed by atoms with van der Waals surface area (Å²) in [6, 6.07) is 15.7. The van der Waals surface area contributed by atoms with Crippen LogP contribution in [-0.4, -0.2) is 33.5 Å². The van der Waals surface area contributed by atoms with E-state index in [0.717, 1.165) is 0 Å². The lowest BCUT2D eigenvalue weighted by Crippen LogP contribution is -2.16. The number of pyridine rings is 1. The number of sulfonamides is 1. The van der Waals surface area contributed by atoms with Gasteiger partial charge in [0.1, 0.15) is 11.3 Å². The molecule has 0 radical (unpaired) electrons. The number of anilines is 2. The van der Waals surface area contributed by atoms with Gasteiger partial charge in [0.2, 0.25) is 5.88 Å². The number of hydrogen-bond donors (Lipinski definition) is 2. The normalized spacial score (nSPS) is 10.8. The highest BCUT2D eigenvalue weighted by molar-refractivity contribution is 7.92. The minimum Gasteiger partial charge on any atom is -0.495 e. The predicted molar refractivity (Wildman–Crippen MR) is 109 cm³/mol. The van der Waals surface area contributed by atoms with E-state index in [-0.39, 0.29) is 16.3 Å². The average molecular weight is 413 g/mol. The summed E-state index contributed by atoms with van der Waals surface area (Å²) in [4.78, 5) is 16.5. The molecule has 0 saturated carbocycles. The largest absolute Gasteiger partial charge is 0.495 e. The third-order valence-electron chi connectivity index (χ3n) is 3.96. The van der Waals surface area contributed by atoms with Gasteiger partial charge in [-0.2, -0.15) is 0 Å². The van der Waals surface area contributed by atoms with Crippen LogP contribution in [0.3, 0.4) is 0 Å². The number of carbonyl (C=O) groups excluding carboxylic acids is 1. The molecule has 2 N–H and O–H groups in total. The first-order chi connectivity index (χ1) is 13.9. The second-order valence-corrected chi connectivity index (χ2v) is 7.53. The number of hydrogen-bond acceptors (Lipinski definition) is 6. The van der Waals surface area contributed by atoms with Gasteiger partial charge in [-0.1, -0.05) is 18.2 Å². The van der Waals surface area contributed by atoms with Gasteiger partial charge in [0.05, 0.1) is 24.8 Å². The molecule has 1 amide bonds. The highest BCUT2D eigenvalue weighted by Crippen LogP contribution is 2.27. The van der Waals surface area contributed by atoms with Crippen LogP contribution in [0.2, 0.25) is 0 Å². The Balaban J connectivity index is 1.84. The molecule has 0 aliphatic rings. The van der Waals surface area contributed by atoms with E-state index in [1.54, 1.807) is 42.5 Å². The van der Waals surface area contributed by atoms with Crippen molar-refractivity contribution in [3.05, 3.63) is 72.4 Å². The predicted octanol–water partition coefficient (Wildman–Crippen LogP) is 3.15. The lowest BCUT2D eigenvalue weighted by atomic mass is 10.2. The van der Waals surface area contributed by atoms with Crippen molar-refractivity contribution in [2.45, 2.75) is 4.90 Å². The number of nitrogens with zero attached hydrogens (tertiary/aromatic N) is 1. The fourth-order valence-corrected chi connectivity index (χ4v) is 3.71. The van der Waals surface area contributed by atoms with Crippen LogP contribution in [0.15, 0.2) is 71.8 Å². The van der Waals surface area contributed by atoms with Gasteiger partial charge < -0.3 is 14.8 Å². The number of para-hydroxylation sites is 2. The number of amides is 1. The summed E-state index contributed by atoms with van der Waals surface area (Å²) in [5.74, 6) is 0.0954. The minimum atomic E-state index is -3.90. The molecular weight excluding hydrogens is 394 g/mol. The molecule has 0 saturated heterocycles. The number of benzene rings is 2. The van der Waals surface area contributed by atoms with E-state index in [1.165, 1.54) is 38.6 Å². The lowest BCUT2D eigenvalue weighted by Gasteiger charge is -2.13. The molecule has 3 rings (SSSR count). The number of ether oxygens (including phenoxy) is 2. The number of carbonyl (C=O) groups is 1. The summed E-state index contributed by atoms with van der Waals surface area (Å²) in [5, 5.41) is 2.66. The van der Waals surface area contributed by atoms with Crippen molar-refractivity contribution in [1.29, 1.82) is 0 Å². The highest BCUT2D eigenvalue weighted by Gasteiger charge is 2.18. The second-order valence-electron chi connectivity index (χ2n) is 5.85. The Morgan fingerprint density at radius 3 is 2.52 bits per heavy atom. The zero-order valence-corrected chi connectivity index (χ0v) is 16.6. The summed E-state index contributed by atoms with van der Waals surface area (Å²) in [6.07, 6.45) is 1.51. The lowest BCUT2D eigenvalue weighted by molar-refractivity contribution is 0.102. The zero-order chi connectivity index (χ0) is 20.9. The molecule has 9 heteroatoms. The van der Waals surface area contributed by atoms with Gasteiger partial charge in [0.15, 0.2) is 0 Å². The molecule has 8 nitrogen and oxygen atoms in total. The van der Waals surface area contributed by atoms with E-state index in [2.05, 4.69) is 15.0 Å². The third kappa shape index (κ3) is 4.64. The van der Waals surface area contributed by atoms with Crippen molar-refractivity contribution in [3.8, 4) is 11.6 Å². The van der Waals surface area contributed by atoms with E-state index >= 15 is 0 Å². The Morgan fingerprint density at radius 2 is 1.76 bits per heavy atom. The van der Waals surface area contributed by atoms with Gasteiger partial charge in [-0.05, 0) is 42.5 Å². The molecule has 1 heterocycles. The Labute approximate surface area is 168 Å². The number of rotatable bonds is 7. The minimum absolute atomic E-state index is 0.0145. The van der Waals surface area contributed by atoms with E-state index in [0.29, 0.717) is 17.1 Å². The molecule has 0 bridgehead atoms. The van der Waals surface area contributed by atoms with Crippen LogP contribution in [0.5, 0.6) is 11.6 Å². The van der Waals surface area contributed by atoms with Crippen molar-refractivity contribution < 1.29 is 22.7 Å². The molecule has 0 aliphatic carbocycles. The monoisotopic (exact) mass is 413 g/mol. The van der Waals surface area contributed by atoms with Crippen LogP contribution >= 0.6 is 0 Å². The molecule has 3 aromatic rings. The van der Waals surface area contributed by atoms with Crippen molar-refractivity contribution in [3.63, 3.8) is 0 Å². The number of nitrogens with one attached hydrogen (secondary N) is 2. The quantitative estimate of drug-likeness (QED) is 0.616. The number of aromatic nitrogens is 1. The van der Waals surface area contributed by atoms with Crippen LogP contribution in [0.1, 0.15) is 10.4 Å². The first-order valence-electron chi connectivity index (χ1n) is 8.51. The van der Waals surface area contributed by atoms with Crippen molar-refractivity contribution in [1.82, 2.24) is 4.98 Å². The maximum atomic E-state index is 12.8. The van der Waals surface area contributed by atoms with E-state index < -0.39 is 15.9 Å². The molecule has 2 aromatic carbocycles. The van der Waals surface area contributed by atoms with Gasteiger partial charge in [0.25, 0.3) is 15.9 Å². The van der Waals surface area contributed by atoms with Gasteiger partial charge >= 0.3 is 0 Å². The topological polar surface area (TPSA) is 107 Å². The Kier molecular flexibility index (Phi) is 5.99. The summed E-state index contributed by atoms with van der Waals surface area (Å²) in [6.45, 7) is 0. The van der Waals surface area contributed by atoms with Crippen molar-refractivity contribution in [2.75, 3.05) is 24.3 Å². The molecule has 0 atom stereocenters. The molecule has 1 aromatic heterocycles. The van der Waals surface area contributed by atoms with E-state index in [4.69, 9.17) is 9.47 Å². The maximum absolute atomic E-state index is 12.8. The first-order valence-corrected chi connectivity index (χ1v) is 9.99. The average Bonchev–Trinajstić information content (AvgIpc) is 2.74. The summed E-state index contributed by atoms with van der Waals surface area (Å²) in [7, 11) is -1.03. The summed E-state index contributed by atoms with van der Waals surface area (Å²) in [5.41, 5.74) is 0.851. The fraction of sp³-hybridized carbons (Fsp3) is 0.100. The van der Waals surface area contributed by atoms with Crippen molar-refractivity contribution >= 4 is 27.3 Å². The SMILES string of the molecule is COc1ccccc1NS(=O)(=O)c1cccc(NC(=O)c2cccnc2OC)c1. The highest BCUT2D eigenvalue weighted by atomic mass is 32.2. The maximum Gasteiger partial charge on any atom is 0.262 e. The molecule has 150 valence electrons. The Morgan fingerprint density at radius 1 is 0.966 bits per heavy atom. The van der Waals surface area contributed by atoms with E-state index in [9.17, 15) is 13.2 Å². The van der Waals surface area contributed by atoms with Gasteiger partial charge in [-0.15, -0.1) is 0 Å². The second kappa shape index (κ2) is 8.61. The molecule has 0 fully saturated rings. The van der Waals surface area contributed by atoms with Gasteiger partial charge in [-0.25, -0.2) is 13.4 Å². The van der Waals surface area contributed by atoms with Crippen LogP contribution in [0.4, 0.5) is 11.4 Å². The Hall–Kier alpha value is -3.59. The molecule has 0 aliphatic heterocycles. The smallest absolute Gasteiger partial charge is 0.262 e. The summed E-state index contributed by atoms with van der Waals surface area (Å²) >= 11 is 0. The third-order valence-corrected chi connectivity index (χ3v) is 5.33. The fourth-order valence-electron chi connectivity index (χ4n) is 2.60. The number of methoxy groups -OCH3 is 2. The van der Waals surface area contributed by atoms with Crippen LogP contribution in [0.25, 0.3) is 0 Å². The molecule has 29 heavy (non-hydrogen) atoms. The standard InChI is InChI=1S/C20H19N3O5S/c1-27-18-11-4-3-10-17(18)23-29(25,26)15-8-5-7-14(13-15)22-19(24)16-9-6-12-21-20(16)28-2/h3-13,23H,1-2H3,(H,22,24). The molecular formula is C20H19N3O5S. The van der Waals surface area contributed by atoms with Crippen LogP contribution in [0, 0.1) is 0 Å². The Bertz CT molecular complexity index is 1130. The van der Waals surface area contributed by atoms with Crippen LogP contribution in [-0.2, 0) is 10.0 Å². The van der Waals surface area contributed by atoms with Crippen molar-refractivity contribution in [2.24, 2.45) is 0 Å².